The van der Waals surface area contributed by atoms with Crippen molar-refractivity contribution in [2.75, 3.05) is 0 Å². The quantitative estimate of drug-likeness (QED) is 0.748. The summed E-state index contributed by atoms with van der Waals surface area (Å²) in [6.07, 6.45) is 3.47. The summed E-state index contributed by atoms with van der Waals surface area (Å²) in [7, 11) is 0. The highest BCUT2D eigenvalue weighted by Gasteiger charge is 1.91. The summed E-state index contributed by atoms with van der Waals surface area (Å²) in [6.45, 7) is 0. The van der Waals surface area contributed by atoms with E-state index in [-0.39, 0.29) is 22.7 Å². The molecule has 1 aromatic carbocycles. The van der Waals surface area contributed by atoms with E-state index in [1.807, 2.05) is 12.1 Å². The van der Waals surface area contributed by atoms with Gasteiger partial charge in [0.2, 0.25) is 0 Å². The van der Waals surface area contributed by atoms with Crippen molar-refractivity contribution in [1.29, 1.82) is 0 Å². The van der Waals surface area contributed by atoms with Crippen molar-refractivity contribution >= 4 is 27.8 Å². The monoisotopic (exact) mass is 225 g/mol. The minimum Gasteiger partial charge on any atom is -0.508 e. The van der Waals surface area contributed by atoms with Crippen molar-refractivity contribution < 1.29 is 5.11 Å². The van der Waals surface area contributed by atoms with E-state index < -0.39 is 0 Å². The largest absolute Gasteiger partial charge is 0.508 e. The van der Waals surface area contributed by atoms with Gasteiger partial charge in [0.05, 0.1) is 0 Å². The first-order valence-electron chi connectivity index (χ1n) is 3.39. The van der Waals surface area contributed by atoms with Crippen LogP contribution in [-0.2, 0) is 0 Å². The van der Waals surface area contributed by atoms with Crippen LogP contribution in [0.1, 0.15) is 0 Å². The van der Waals surface area contributed by atoms with Crippen LogP contribution < -0.4 is 0 Å². The van der Waals surface area contributed by atoms with Crippen molar-refractivity contribution in [1.82, 2.24) is 4.98 Å². The number of fused-ring (bicyclic) bond motifs is 1. The molecule has 1 N–H and O–H groups in total. The number of benzene rings is 1. The van der Waals surface area contributed by atoms with Gasteiger partial charge in [-0.15, -0.1) is 17.0 Å². The Balaban J connectivity index is 0.000000720. The summed E-state index contributed by atoms with van der Waals surface area (Å²) in [5, 5.41) is 11.2. The molecule has 1 aromatic heterocycles. The number of nitrogens with zero attached hydrogens (tertiary/aromatic N) is 1. The van der Waals surface area contributed by atoms with E-state index in [0.29, 0.717) is 0 Å². The van der Waals surface area contributed by atoms with Crippen LogP contribution in [0, 0.1) is 0 Å². The Hall–Kier alpha value is -1.09. The van der Waals surface area contributed by atoms with Crippen LogP contribution in [0.3, 0.4) is 0 Å². The fraction of sp³-hybridized carbons (Fsp3) is 0. The van der Waals surface area contributed by atoms with Crippen molar-refractivity contribution in [3.63, 3.8) is 0 Å². The third-order valence-corrected chi connectivity index (χ3v) is 1.62. The van der Waals surface area contributed by atoms with E-state index in [1.54, 1.807) is 24.5 Å². The predicted molar refractivity (Wildman–Crippen MR) is 53.7 cm³/mol. The molecule has 0 fully saturated rings. The lowest BCUT2D eigenvalue weighted by Crippen LogP contribution is -1.73. The Morgan fingerprint density at radius 3 is 2.75 bits per heavy atom. The SMILES string of the molecule is Br.Oc1ccc2ccncc2c1. The van der Waals surface area contributed by atoms with Gasteiger partial charge in [0.1, 0.15) is 5.75 Å². The lowest BCUT2D eigenvalue weighted by Gasteiger charge is -1.95. The highest BCUT2D eigenvalue weighted by atomic mass is 79.9. The molecule has 3 heteroatoms. The number of halogens is 1. The number of pyridine rings is 1. The summed E-state index contributed by atoms with van der Waals surface area (Å²) in [6, 6.07) is 7.14. The lowest BCUT2D eigenvalue weighted by molar-refractivity contribution is 0.476. The molecular formula is C9H8BrNO. The maximum Gasteiger partial charge on any atom is 0.116 e. The summed E-state index contributed by atoms with van der Waals surface area (Å²) in [4.78, 5) is 3.94. The Kier molecular flexibility index (Phi) is 2.65. The van der Waals surface area contributed by atoms with Gasteiger partial charge in [-0.25, -0.2) is 0 Å². The van der Waals surface area contributed by atoms with Crippen LogP contribution in [0.5, 0.6) is 5.75 Å². The number of phenolic OH excluding ortho intramolecular Hbond substituents is 1. The molecule has 0 amide bonds. The predicted octanol–water partition coefficient (Wildman–Crippen LogP) is 2.52. The van der Waals surface area contributed by atoms with Crippen LogP contribution >= 0.6 is 17.0 Å². The third-order valence-electron chi connectivity index (χ3n) is 1.62. The molecule has 0 atom stereocenters. The van der Waals surface area contributed by atoms with Crippen LogP contribution in [0.25, 0.3) is 10.8 Å². The van der Waals surface area contributed by atoms with Crippen LogP contribution in [0.2, 0.25) is 0 Å². The molecule has 0 aliphatic heterocycles. The number of phenols is 1. The summed E-state index contributed by atoms with van der Waals surface area (Å²) >= 11 is 0. The van der Waals surface area contributed by atoms with Crippen molar-refractivity contribution in [2.24, 2.45) is 0 Å². The molecule has 0 aliphatic rings. The minimum absolute atomic E-state index is 0. The molecule has 0 saturated carbocycles. The molecule has 0 bridgehead atoms. The van der Waals surface area contributed by atoms with Gasteiger partial charge in [0, 0.05) is 17.8 Å². The molecule has 62 valence electrons. The van der Waals surface area contributed by atoms with Gasteiger partial charge in [-0.1, -0.05) is 6.07 Å². The number of aromatic hydroxyl groups is 1. The fourth-order valence-corrected chi connectivity index (χ4v) is 1.07. The Bertz CT molecular complexity index is 389. The molecule has 1 heterocycles. The molecule has 0 unspecified atom stereocenters. The topological polar surface area (TPSA) is 33.1 Å². The number of hydrogen-bond acceptors (Lipinski definition) is 2. The van der Waals surface area contributed by atoms with E-state index >= 15 is 0 Å². The van der Waals surface area contributed by atoms with Gasteiger partial charge >= 0.3 is 0 Å². The van der Waals surface area contributed by atoms with E-state index in [4.69, 9.17) is 5.11 Å². The van der Waals surface area contributed by atoms with Crippen molar-refractivity contribution in [3.8, 4) is 5.75 Å². The molecular weight excluding hydrogens is 218 g/mol. The first kappa shape index (κ1) is 9.00. The van der Waals surface area contributed by atoms with Gasteiger partial charge in [0.25, 0.3) is 0 Å². The van der Waals surface area contributed by atoms with E-state index in [0.717, 1.165) is 10.8 Å². The van der Waals surface area contributed by atoms with E-state index in [2.05, 4.69) is 4.98 Å². The average Bonchev–Trinajstić information content (AvgIpc) is 2.04. The highest BCUT2D eigenvalue weighted by molar-refractivity contribution is 8.93. The molecule has 0 radical (unpaired) electrons. The second kappa shape index (κ2) is 3.54. The first-order valence-corrected chi connectivity index (χ1v) is 3.39. The summed E-state index contributed by atoms with van der Waals surface area (Å²) in [5.74, 6) is 0.283. The smallest absolute Gasteiger partial charge is 0.116 e. The molecule has 2 nitrogen and oxygen atoms in total. The molecule has 0 saturated heterocycles. The maximum atomic E-state index is 9.10. The fourth-order valence-electron chi connectivity index (χ4n) is 1.07. The van der Waals surface area contributed by atoms with Crippen LogP contribution in [0.15, 0.2) is 36.7 Å². The second-order valence-corrected chi connectivity index (χ2v) is 2.41. The zero-order valence-electron chi connectivity index (χ0n) is 6.27. The van der Waals surface area contributed by atoms with Gasteiger partial charge in [-0.2, -0.15) is 0 Å². The molecule has 0 spiro atoms. The zero-order chi connectivity index (χ0) is 7.68. The normalized spacial score (nSPS) is 9.33. The number of aromatic nitrogens is 1. The number of hydrogen-bond donors (Lipinski definition) is 1. The molecule has 2 aromatic rings. The van der Waals surface area contributed by atoms with Gasteiger partial charge in [-0.05, 0) is 23.6 Å². The van der Waals surface area contributed by atoms with Crippen LogP contribution in [-0.4, -0.2) is 10.1 Å². The highest BCUT2D eigenvalue weighted by Crippen LogP contribution is 2.17. The van der Waals surface area contributed by atoms with Crippen molar-refractivity contribution in [2.45, 2.75) is 0 Å². The summed E-state index contributed by atoms with van der Waals surface area (Å²) < 4.78 is 0. The summed E-state index contributed by atoms with van der Waals surface area (Å²) in [5.41, 5.74) is 0. The Labute approximate surface area is 80.6 Å². The number of rotatable bonds is 0. The second-order valence-electron chi connectivity index (χ2n) is 2.41. The van der Waals surface area contributed by atoms with Crippen LogP contribution in [0.4, 0.5) is 0 Å². The van der Waals surface area contributed by atoms with Gasteiger partial charge < -0.3 is 5.11 Å². The molecule has 12 heavy (non-hydrogen) atoms. The Morgan fingerprint density at radius 1 is 1.08 bits per heavy atom. The third kappa shape index (κ3) is 1.56. The lowest BCUT2D eigenvalue weighted by atomic mass is 10.2. The van der Waals surface area contributed by atoms with Crippen molar-refractivity contribution in [3.05, 3.63) is 36.7 Å². The average molecular weight is 226 g/mol. The molecule has 0 aliphatic carbocycles. The van der Waals surface area contributed by atoms with Gasteiger partial charge in [-0.3, -0.25) is 4.98 Å². The zero-order valence-corrected chi connectivity index (χ0v) is 7.98. The standard InChI is InChI=1S/C9H7NO.BrH/c11-9-2-1-7-3-4-10-6-8(7)5-9;/h1-6,11H;1H. The Morgan fingerprint density at radius 2 is 1.92 bits per heavy atom. The molecule has 2 rings (SSSR count). The van der Waals surface area contributed by atoms with E-state index in [1.165, 1.54) is 0 Å². The minimum atomic E-state index is 0. The van der Waals surface area contributed by atoms with Gasteiger partial charge in [0.15, 0.2) is 0 Å². The van der Waals surface area contributed by atoms with E-state index in [9.17, 15) is 0 Å². The maximum absolute atomic E-state index is 9.10. The first-order chi connectivity index (χ1) is 5.36.